The molecule has 0 fully saturated rings. The SMILES string of the molecule is FC(F)(F)C(F)(F)c1nnc(CBr)n1-c1ccccc1. The van der Waals surface area contributed by atoms with Crippen LogP contribution in [0.3, 0.4) is 0 Å². The molecule has 0 spiro atoms. The van der Waals surface area contributed by atoms with E-state index in [0.717, 1.165) is 0 Å². The highest BCUT2D eigenvalue weighted by molar-refractivity contribution is 9.08. The number of alkyl halides is 6. The zero-order valence-corrected chi connectivity index (χ0v) is 11.3. The lowest BCUT2D eigenvalue weighted by Crippen LogP contribution is -2.36. The van der Waals surface area contributed by atoms with E-state index in [2.05, 4.69) is 26.1 Å². The Hall–Kier alpha value is -1.51. The Labute approximate surface area is 118 Å². The number of para-hydroxylation sites is 1. The van der Waals surface area contributed by atoms with Crippen molar-refractivity contribution >= 4 is 15.9 Å². The molecule has 0 atom stereocenters. The second-order valence-corrected chi connectivity index (χ2v) is 4.38. The van der Waals surface area contributed by atoms with E-state index in [-0.39, 0.29) is 16.8 Å². The Kier molecular flexibility index (Phi) is 3.81. The summed E-state index contributed by atoms with van der Waals surface area (Å²) in [5, 5.41) is 6.38. The van der Waals surface area contributed by atoms with E-state index in [1.165, 1.54) is 24.3 Å². The van der Waals surface area contributed by atoms with Gasteiger partial charge in [-0.2, -0.15) is 22.0 Å². The fourth-order valence-electron chi connectivity index (χ4n) is 1.58. The fourth-order valence-corrected chi connectivity index (χ4v) is 1.94. The summed E-state index contributed by atoms with van der Waals surface area (Å²) in [4.78, 5) is 0. The van der Waals surface area contributed by atoms with Crippen LogP contribution in [0, 0.1) is 0 Å². The Morgan fingerprint density at radius 1 is 1.00 bits per heavy atom. The molecule has 0 aliphatic rings. The molecular formula is C11H7BrF5N3. The second-order valence-electron chi connectivity index (χ2n) is 3.82. The van der Waals surface area contributed by atoms with Crippen LogP contribution in [0.25, 0.3) is 5.69 Å². The molecule has 0 aliphatic carbocycles. The van der Waals surface area contributed by atoms with Crippen LogP contribution < -0.4 is 0 Å². The maximum atomic E-state index is 13.5. The predicted octanol–water partition coefficient (Wildman–Crippen LogP) is 3.82. The first-order valence-corrected chi connectivity index (χ1v) is 6.42. The summed E-state index contributed by atoms with van der Waals surface area (Å²) < 4.78 is 65.1. The molecule has 0 saturated heterocycles. The normalized spacial score (nSPS) is 12.7. The van der Waals surface area contributed by atoms with Crippen LogP contribution in [-0.2, 0) is 11.3 Å². The summed E-state index contributed by atoms with van der Waals surface area (Å²) in [5.41, 5.74) is 0.130. The Balaban J connectivity index is 2.66. The number of halogens is 6. The zero-order valence-electron chi connectivity index (χ0n) is 9.70. The van der Waals surface area contributed by atoms with Gasteiger partial charge in [0.25, 0.3) is 0 Å². The molecular weight excluding hydrogens is 349 g/mol. The Bertz CT molecular complexity index is 594. The monoisotopic (exact) mass is 355 g/mol. The molecule has 108 valence electrons. The first-order valence-electron chi connectivity index (χ1n) is 5.29. The first-order chi connectivity index (χ1) is 9.29. The lowest BCUT2D eigenvalue weighted by atomic mass is 10.2. The molecule has 0 amide bonds. The number of nitrogens with zero attached hydrogens (tertiary/aromatic N) is 3. The van der Waals surface area contributed by atoms with Gasteiger partial charge in [0, 0.05) is 5.69 Å². The number of rotatable bonds is 3. The smallest absolute Gasteiger partial charge is 0.277 e. The van der Waals surface area contributed by atoms with Crippen molar-refractivity contribution in [3.63, 3.8) is 0 Å². The standard InChI is InChI=1S/C11H7BrF5N3/c12-6-8-18-19-9(10(13,14)11(15,16)17)20(8)7-4-2-1-3-5-7/h1-5H,6H2. The van der Waals surface area contributed by atoms with Gasteiger partial charge in [-0.1, -0.05) is 34.1 Å². The van der Waals surface area contributed by atoms with Crippen molar-refractivity contribution in [2.24, 2.45) is 0 Å². The number of benzene rings is 1. The van der Waals surface area contributed by atoms with Gasteiger partial charge in [-0.15, -0.1) is 10.2 Å². The van der Waals surface area contributed by atoms with Crippen LogP contribution in [0.15, 0.2) is 30.3 Å². The van der Waals surface area contributed by atoms with Crippen LogP contribution in [0.5, 0.6) is 0 Å². The lowest BCUT2D eigenvalue weighted by Gasteiger charge is -2.20. The van der Waals surface area contributed by atoms with Crippen molar-refractivity contribution in [2.75, 3.05) is 0 Å². The fraction of sp³-hybridized carbons (Fsp3) is 0.273. The highest BCUT2D eigenvalue weighted by Gasteiger charge is 2.62. The molecule has 1 heterocycles. The lowest BCUT2D eigenvalue weighted by molar-refractivity contribution is -0.293. The molecule has 0 N–H and O–H groups in total. The number of hydrogen-bond acceptors (Lipinski definition) is 2. The molecule has 1 aromatic heterocycles. The Morgan fingerprint density at radius 2 is 1.60 bits per heavy atom. The van der Waals surface area contributed by atoms with Crippen molar-refractivity contribution < 1.29 is 22.0 Å². The molecule has 9 heteroatoms. The zero-order chi connectivity index (χ0) is 15.0. The third-order valence-electron chi connectivity index (χ3n) is 2.50. The molecule has 0 aliphatic heterocycles. The van der Waals surface area contributed by atoms with Gasteiger partial charge in [-0.05, 0) is 12.1 Å². The summed E-state index contributed by atoms with van der Waals surface area (Å²) in [6.07, 6.45) is -5.74. The van der Waals surface area contributed by atoms with E-state index < -0.39 is 17.9 Å². The van der Waals surface area contributed by atoms with E-state index >= 15 is 0 Å². The highest BCUT2D eigenvalue weighted by Crippen LogP contribution is 2.43. The van der Waals surface area contributed by atoms with Gasteiger partial charge in [-0.25, -0.2) is 0 Å². The molecule has 0 bridgehead atoms. The molecule has 20 heavy (non-hydrogen) atoms. The predicted molar refractivity (Wildman–Crippen MR) is 63.9 cm³/mol. The van der Waals surface area contributed by atoms with Gasteiger partial charge in [0.2, 0.25) is 5.82 Å². The molecule has 2 aromatic rings. The van der Waals surface area contributed by atoms with Gasteiger partial charge in [-0.3, -0.25) is 4.57 Å². The van der Waals surface area contributed by atoms with E-state index in [1.807, 2.05) is 0 Å². The summed E-state index contributed by atoms with van der Waals surface area (Å²) in [7, 11) is 0. The van der Waals surface area contributed by atoms with Crippen LogP contribution >= 0.6 is 15.9 Å². The van der Waals surface area contributed by atoms with Crippen molar-refractivity contribution in [2.45, 2.75) is 17.4 Å². The third-order valence-corrected chi connectivity index (χ3v) is 3.00. The third kappa shape index (κ3) is 2.41. The molecule has 1 aromatic carbocycles. The average Bonchev–Trinajstić information content (AvgIpc) is 2.82. The quantitative estimate of drug-likeness (QED) is 0.619. The van der Waals surface area contributed by atoms with Gasteiger partial charge < -0.3 is 0 Å². The van der Waals surface area contributed by atoms with Crippen molar-refractivity contribution in [3.8, 4) is 5.69 Å². The maximum Gasteiger partial charge on any atom is 0.461 e. The Morgan fingerprint density at radius 3 is 2.10 bits per heavy atom. The molecule has 2 rings (SSSR count). The van der Waals surface area contributed by atoms with E-state index in [4.69, 9.17) is 0 Å². The topological polar surface area (TPSA) is 30.7 Å². The van der Waals surface area contributed by atoms with Gasteiger partial charge in [0.05, 0.1) is 5.33 Å². The van der Waals surface area contributed by atoms with Gasteiger partial charge in [0.1, 0.15) is 5.82 Å². The average molecular weight is 356 g/mol. The van der Waals surface area contributed by atoms with Crippen molar-refractivity contribution in [1.82, 2.24) is 14.8 Å². The highest BCUT2D eigenvalue weighted by atomic mass is 79.9. The summed E-state index contributed by atoms with van der Waals surface area (Å²) in [6, 6.07) is 7.44. The van der Waals surface area contributed by atoms with E-state index in [1.54, 1.807) is 6.07 Å². The maximum absolute atomic E-state index is 13.5. The summed E-state index contributed by atoms with van der Waals surface area (Å²) in [6.45, 7) is 0. The van der Waals surface area contributed by atoms with E-state index in [9.17, 15) is 22.0 Å². The van der Waals surface area contributed by atoms with Crippen LogP contribution in [0.1, 0.15) is 11.6 Å². The largest absolute Gasteiger partial charge is 0.461 e. The molecule has 0 unspecified atom stereocenters. The minimum Gasteiger partial charge on any atom is -0.277 e. The molecule has 0 saturated carbocycles. The minimum absolute atomic E-state index is 0.0111. The number of aromatic nitrogens is 3. The number of hydrogen-bond donors (Lipinski definition) is 0. The van der Waals surface area contributed by atoms with Crippen LogP contribution in [-0.4, -0.2) is 20.9 Å². The van der Waals surface area contributed by atoms with Crippen molar-refractivity contribution in [3.05, 3.63) is 42.0 Å². The van der Waals surface area contributed by atoms with Crippen LogP contribution in [0.2, 0.25) is 0 Å². The molecule has 0 radical (unpaired) electrons. The first kappa shape index (κ1) is 14.9. The van der Waals surface area contributed by atoms with Gasteiger partial charge >= 0.3 is 12.1 Å². The molecule has 3 nitrogen and oxygen atoms in total. The summed E-state index contributed by atoms with van der Waals surface area (Å²) >= 11 is 2.99. The van der Waals surface area contributed by atoms with Crippen LogP contribution in [0.4, 0.5) is 22.0 Å². The van der Waals surface area contributed by atoms with Gasteiger partial charge in [0.15, 0.2) is 0 Å². The summed E-state index contributed by atoms with van der Waals surface area (Å²) in [5.74, 6) is -6.59. The van der Waals surface area contributed by atoms with Crippen molar-refractivity contribution in [1.29, 1.82) is 0 Å². The minimum atomic E-state index is -5.74. The second kappa shape index (κ2) is 5.12. The van der Waals surface area contributed by atoms with E-state index in [0.29, 0.717) is 4.57 Å².